The molecule has 0 fully saturated rings. The molecule has 0 rings (SSSR count). The van der Waals surface area contributed by atoms with Crippen molar-refractivity contribution in [1.29, 1.82) is 0 Å². The summed E-state index contributed by atoms with van der Waals surface area (Å²) in [6.45, 7) is 2.81. The van der Waals surface area contributed by atoms with Gasteiger partial charge in [-0.3, -0.25) is 4.55 Å². The van der Waals surface area contributed by atoms with Gasteiger partial charge in [-0.05, 0) is 26.4 Å². The van der Waals surface area contributed by atoms with Crippen LogP contribution < -0.4 is 11.5 Å². The summed E-state index contributed by atoms with van der Waals surface area (Å²) in [7, 11) is -3.66. The first-order valence-electron chi connectivity index (χ1n) is 3.33. The van der Waals surface area contributed by atoms with Gasteiger partial charge in [-0.25, -0.2) is 0 Å². The molecule has 0 spiro atoms. The summed E-state index contributed by atoms with van der Waals surface area (Å²) in [6.07, 6.45) is 0.944. The van der Waals surface area contributed by atoms with Gasteiger partial charge in [0.2, 0.25) is 0 Å². The molecule has 0 aliphatic rings. The fourth-order valence-corrected chi connectivity index (χ4v) is 0.118. The molecule has 0 aromatic rings. The SMILES string of the molecule is CCS(=O)(=O)O.NCCCN. The Morgan fingerprint density at radius 1 is 1.27 bits per heavy atom. The van der Waals surface area contributed by atoms with Crippen molar-refractivity contribution in [2.24, 2.45) is 11.5 Å². The molecule has 0 heterocycles. The molecule has 5 nitrogen and oxygen atoms in total. The monoisotopic (exact) mass is 184 g/mol. The first-order valence-corrected chi connectivity index (χ1v) is 4.94. The van der Waals surface area contributed by atoms with Gasteiger partial charge in [0.05, 0.1) is 5.75 Å². The predicted molar refractivity (Wildman–Crippen MR) is 44.8 cm³/mol. The van der Waals surface area contributed by atoms with E-state index in [-0.39, 0.29) is 5.75 Å². The van der Waals surface area contributed by atoms with Crippen LogP contribution in [0.15, 0.2) is 0 Å². The summed E-state index contributed by atoms with van der Waals surface area (Å²) in [5, 5.41) is 0. The second-order valence-corrected chi connectivity index (χ2v) is 3.54. The molecule has 0 atom stereocenters. The van der Waals surface area contributed by atoms with E-state index in [2.05, 4.69) is 0 Å². The minimum Gasteiger partial charge on any atom is -0.330 e. The zero-order valence-corrected chi connectivity index (χ0v) is 7.47. The van der Waals surface area contributed by atoms with Crippen molar-refractivity contribution in [3.63, 3.8) is 0 Å². The Bertz CT molecular complexity index is 153. The van der Waals surface area contributed by atoms with Crippen LogP contribution in [-0.2, 0) is 10.1 Å². The van der Waals surface area contributed by atoms with Gasteiger partial charge in [0.15, 0.2) is 0 Å². The summed E-state index contributed by atoms with van der Waals surface area (Å²) in [4.78, 5) is 0. The van der Waals surface area contributed by atoms with Gasteiger partial charge in [-0.1, -0.05) is 0 Å². The Kier molecular flexibility index (Phi) is 9.68. The number of rotatable bonds is 3. The molecule has 0 amide bonds. The van der Waals surface area contributed by atoms with Crippen molar-refractivity contribution in [3.05, 3.63) is 0 Å². The van der Waals surface area contributed by atoms with E-state index in [1.165, 1.54) is 6.92 Å². The van der Waals surface area contributed by atoms with Crippen LogP contribution in [0, 0.1) is 0 Å². The average Bonchev–Trinajstić information content (AvgIpc) is 1.90. The van der Waals surface area contributed by atoms with Crippen molar-refractivity contribution in [2.75, 3.05) is 18.8 Å². The highest BCUT2D eigenvalue weighted by molar-refractivity contribution is 7.85. The fourth-order valence-electron chi connectivity index (χ4n) is 0.118. The molecule has 70 valence electrons. The van der Waals surface area contributed by atoms with Crippen LogP contribution in [0.2, 0.25) is 0 Å². The number of hydrogen-bond acceptors (Lipinski definition) is 4. The third-order valence-corrected chi connectivity index (χ3v) is 1.50. The van der Waals surface area contributed by atoms with Crippen molar-refractivity contribution in [2.45, 2.75) is 13.3 Å². The third kappa shape index (κ3) is 25.8. The van der Waals surface area contributed by atoms with Gasteiger partial charge in [0.25, 0.3) is 10.1 Å². The van der Waals surface area contributed by atoms with Crippen LogP contribution in [0.25, 0.3) is 0 Å². The largest absolute Gasteiger partial charge is 0.330 e. The van der Waals surface area contributed by atoms with Crippen molar-refractivity contribution in [1.82, 2.24) is 0 Å². The number of hydrogen-bond donors (Lipinski definition) is 3. The molecule has 6 heteroatoms. The minimum atomic E-state index is -3.66. The predicted octanol–water partition coefficient (Wildman–Crippen LogP) is -0.812. The molecule has 0 aliphatic heterocycles. The summed E-state index contributed by atoms with van der Waals surface area (Å²) >= 11 is 0. The van der Waals surface area contributed by atoms with E-state index in [0.29, 0.717) is 0 Å². The van der Waals surface area contributed by atoms with E-state index in [1.807, 2.05) is 0 Å². The molecule has 0 saturated heterocycles. The zero-order chi connectivity index (χ0) is 9.33. The van der Waals surface area contributed by atoms with Gasteiger partial charge in [0, 0.05) is 0 Å². The van der Waals surface area contributed by atoms with Gasteiger partial charge in [-0.2, -0.15) is 8.42 Å². The summed E-state index contributed by atoms with van der Waals surface area (Å²) < 4.78 is 26.9. The zero-order valence-electron chi connectivity index (χ0n) is 6.66. The Labute approximate surface area is 67.5 Å². The Morgan fingerprint density at radius 2 is 1.55 bits per heavy atom. The Hall–Kier alpha value is -0.170. The molecule has 0 aliphatic carbocycles. The van der Waals surface area contributed by atoms with Crippen molar-refractivity contribution >= 4 is 10.1 Å². The second kappa shape index (κ2) is 7.93. The van der Waals surface area contributed by atoms with E-state index < -0.39 is 10.1 Å². The van der Waals surface area contributed by atoms with Gasteiger partial charge < -0.3 is 11.5 Å². The maximum absolute atomic E-state index is 9.56. The maximum Gasteiger partial charge on any atom is 0.264 e. The Balaban J connectivity index is 0. The summed E-state index contributed by atoms with van der Waals surface area (Å²) in [6, 6.07) is 0. The highest BCUT2D eigenvalue weighted by Gasteiger charge is 1.93. The molecule has 0 aromatic heterocycles. The highest BCUT2D eigenvalue weighted by atomic mass is 32.2. The smallest absolute Gasteiger partial charge is 0.264 e. The van der Waals surface area contributed by atoms with Crippen LogP contribution in [-0.4, -0.2) is 31.8 Å². The van der Waals surface area contributed by atoms with E-state index in [0.717, 1.165) is 19.5 Å². The van der Waals surface area contributed by atoms with E-state index >= 15 is 0 Å². The molecular weight excluding hydrogens is 168 g/mol. The lowest BCUT2D eigenvalue weighted by molar-refractivity contribution is 0.484. The average molecular weight is 184 g/mol. The van der Waals surface area contributed by atoms with Crippen molar-refractivity contribution < 1.29 is 13.0 Å². The third-order valence-electron chi connectivity index (χ3n) is 0.773. The minimum absolute atomic E-state index is 0.201. The molecule has 0 saturated carbocycles. The molecule has 0 unspecified atom stereocenters. The molecule has 11 heavy (non-hydrogen) atoms. The van der Waals surface area contributed by atoms with Crippen molar-refractivity contribution in [3.8, 4) is 0 Å². The molecule has 0 aromatic carbocycles. The standard InChI is InChI=1S/C3H10N2.C2H6O3S/c4-2-1-3-5;1-2-6(3,4)5/h1-5H2;2H2,1H3,(H,3,4,5). The van der Waals surface area contributed by atoms with Crippen LogP contribution in [0.3, 0.4) is 0 Å². The molecule has 5 N–H and O–H groups in total. The maximum atomic E-state index is 9.56. The lowest BCUT2D eigenvalue weighted by atomic mass is 10.4. The molecule has 0 bridgehead atoms. The quantitative estimate of drug-likeness (QED) is 0.497. The van der Waals surface area contributed by atoms with Crippen LogP contribution in [0.4, 0.5) is 0 Å². The number of nitrogens with two attached hydrogens (primary N) is 2. The second-order valence-electron chi connectivity index (χ2n) is 1.80. The topological polar surface area (TPSA) is 106 Å². The lowest BCUT2D eigenvalue weighted by Crippen LogP contribution is -2.06. The normalized spacial score (nSPS) is 10.2. The van der Waals surface area contributed by atoms with E-state index in [4.69, 9.17) is 16.0 Å². The lowest BCUT2D eigenvalue weighted by Gasteiger charge is -1.81. The van der Waals surface area contributed by atoms with Crippen LogP contribution in [0.5, 0.6) is 0 Å². The van der Waals surface area contributed by atoms with E-state index in [1.54, 1.807) is 0 Å². The van der Waals surface area contributed by atoms with Gasteiger partial charge in [0.1, 0.15) is 0 Å². The first-order chi connectivity index (χ1) is 4.97. The first kappa shape index (κ1) is 13.4. The fraction of sp³-hybridized carbons (Fsp3) is 1.00. The molecule has 0 radical (unpaired) electrons. The highest BCUT2D eigenvalue weighted by Crippen LogP contribution is 1.74. The summed E-state index contributed by atoms with van der Waals surface area (Å²) in [5.74, 6) is -0.201. The van der Waals surface area contributed by atoms with Crippen LogP contribution in [0.1, 0.15) is 13.3 Å². The van der Waals surface area contributed by atoms with Gasteiger partial charge >= 0.3 is 0 Å². The van der Waals surface area contributed by atoms with Gasteiger partial charge in [-0.15, -0.1) is 0 Å². The van der Waals surface area contributed by atoms with Crippen LogP contribution >= 0.6 is 0 Å². The molecular formula is C5H16N2O3S. The Morgan fingerprint density at radius 3 is 1.55 bits per heavy atom. The summed E-state index contributed by atoms with van der Waals surface area (Å²) in [5.41, 5.74) is 10.1. The van der Waals surface area contributed by atoms with E-state index in [9.17, 15) is 8.42 Å².